The zero-order valence-corrected chi connectivity index (χ0v) is 12.8. The van der Waals surface area contributed by atoms with E-state index in [-0.39, 0.29) is 6.61 Å². The molecule has 24 heavy (non-hydrogen) atoms. The summed E-state index contributed by atoms with van der Waals surface area (Å²) in [5.41, 5.74) is 6.69. The molecule has 1 heterocycles. The number of carbonyl (C=O) groups is 1. The van der Waals surface area contributed by atoms with E-state index >= 15 is 0 Å². The lowest BCUT2D eigenvalue weighted by molar-refractivity contribution is -0.138. The molecular formula is C17H15F3N2O2. The Morgan fingerprint density at radius 3 is 2.46 bits per heavy atom. The first-order valence-corrected chi connectivity index (χ1v) is 7.10. The second-order valence-corrected chi connectivity index (χ2v) is 4.83. The van der Waals surface area contributed by atoms with Gasteiger partial charge in [-0.25, -0.2) is 9.78 Å². The number of pyridine rings is 1. The van der Waals surface area contributed by atoms with Crippen LogP contribution < -0.4 is 5.73 Å². The average molecular weight is 336 g/mol. The van der Waals surface area contributed by atoms with E-state index in [4.69, 9.17) is 10.5 Å². The lowest BCUT2D eigenvalue weighted by Crippen LogP contribution is -2.04. The quantitative estimate of drug-likeness (QED) is 0.679. The van der Waals surface area contributed by atoms with Crippen molar-refractivity contribution in [3.63, 3.8) is 0 Å². The molecule has 7 heteroatoms. The number of carbonyl (C=O) groups excluding carboxylic acids is 1. The van der Waals surface area contributed by atoms with E-state index in [0.717, 1.165) is 12.1 Å². The highest BCUT2D eigenvalue weighted by Gasteiger charge is 2.30. The summed E-state index contributed by atoms with van der Waals surface area (Å²) >= 11 is 0. The number of anilines is 1. The maximum atomic E-state index is 12.6. The molecule has 0 atom stereocenters. The predicted molar refractivity (Wildman–Crippen MR) is 84.8 cm³/mol. The number of esters is 1. The van der Waals surface area contributed by atoms with Gasteiger partial charge in [0.15, 0.2) is 0 Å². The van der Waals surface area contributed by atoms with Crippen LogP contribution in [0.15, 0.2) is 42.5 Å². The van der Waals surface area contributed by atoms with Gasteiger partial charge in [-0.3, -0.25) is 0 Å². The number of ether oxygens (including phenoxy) is 1. The van der Waals surface area contributed by atoms with Gasteiger partial charge in [-0.15, -0.1) is 0 Å². The Labute approximate surface area is 136 Å². The lowest BCUT2D eigenvalue weighted by Gasteiger charge is -2.08. The minimum absolute atomic E-state index is 0.248. The summed E-state index contributed by atoms with van der Waals surface area (Å²) in [5.74, 6) is -0.529. The van der Waals surface area contributed by atoms with Gasteiger partial charge in [0.2, 0.25) is 0 Å². The molecule has 126 valence electrons. The Balaban J connectivity index is 2.29. The van der Waals surface area contributed by atoms with Gasteiger partial charge in [-0.05, 0) is 37.3 Å². The molecule has 0 fully saturated rings. The Bertz CT molecular complexity index is 753. The molecule has 1 aromatic carbocycles. The summed E-state index contributed by atoms with van der Waals surface area (Å²) < 4.78 is 42.5. The third-order valence-corrected chi connectivity index (χ3v) is 3.13. The van der Waals surface area contributed by atoms with Crippen LogP contribution in [0.2, 0.25) is 0 Å². The maximum absolute atomic E-state index is 12.6. The van der Waals surface area contributed by atoms with E-state index in [2.05, 4.69) is 4.98 Å². The van der Waals surface area contributed by atoms with Crippen LogP contribution in [0, 0.1) is 0 Å². The van der Waals surface area contributed by atoms with Gasteiger partial charge in [0.05, 0.1) is 29.2 Å². The topological polar surface area (TPSA) is 65.2 Å². The third-order valence-electron chi connectivity index (χ3n) is 3.13. The number of hydrogen-bond donors (Lipinski definition) is 1. The zero-order chi connectivity index (χ0) is 17.7. The number of nitrogens with zero attached hydrogens (tertiary/aromatic N) is 1. The summed E-state index contributed by atoms with van der Waals surface area (Å²) in [7, 11) is 0. The first-order valence-electron chi connectivity index (χ1n) is 7.10. The van der Waals surface area contributed by atoms with Crippen molar-refractivity contribution in [1.82, 2.24) is 4.98 Å². The van der Waals surface area contributed by atoms with Crippen LogP contribution in [0.5, 0.6) is 0 Å². The summed E-state index contributed by atoms with van der Waals surface area (Å²) in [5, 5.41) is 0. The molecule has 0 bridgehead atoms. The molecule has 0 saturated carbocycles. The fourth-order valence-corrected chi connectivity index (χ4v) is 1.95. The van der Waals surface area contributed by atoms with Crippen molar-refractivity contribution in [2.75, 3.05) is 12.3 Å². The van der Waals surface area contributed by atoms with Gasteiger partial charge in [0, 0.05) is 11.6 Å². The summed E-state index contributed by atoms with van der Waals surface area (Å²) in [6, 6.07) is 7.81. The van der Waals surface area contributed by atoms with Crippen molar-refractivity contribution in [1.29, 1.82) is 0 Å². The average Bonchev–Trinajstić information content (AvgIpc) is 2.54. The number of benzene rings is 1. The fourth-order valence-electron chi connectivity index (χ4n) is 1.95. The maximum Gasteiger partial charge on any atom is 0.416 e. The minimum atomic E-state index is -4.39. The van der Waals surface area contributed by atoms with Crippen LogP contribution in [-0.4, -0.2) is 17.6 Å². The molecule has 0 aliphatic heterocycles. The third kappa shape index (κ3) is 4.34. The van der Waals surface area contributed by atoms with E-state index in [9.17, 15) is 18.0 Å². The highest BCUT2D eigenvalue weighted by molar-refractivity contribution is 5.88. The van der Waals surface area contributed by atoms with E-state index in [1.54, 1.807) is 19.1 Å². The second kappa shape index (κ2) is 7.16. The van der Waals surface area contributed by atoms with Crippen molar-refractivity contribution >= 4 is 17.7 Å². The van der Waals surface area contributed by atoms with E-state index in [1.807, 2.05) is 0 Å². The Morgan fingerprint density at radius 2 is 1.88 bits per heavy atom. The molecule has 1 aromatic heterocycles. The lowest BCUT2D eigenvalue weighted by atomic mass is 10.1. The normalized spacial score (nSPS) is 11.7. The molecule has 4 nitrogen and oxygen atoms in total. The smallest absolute Gasteiger partial charge is 0.416 e. The van der Waals surface area contributed by atoms with Crippen LogP contribution in [0.3, 0.4) is 0 Å². The predicted octanol–water partition coefficient (Wildman–Crippen LogP) is 3.93. The molecule has 2 N–H and O–H groups in total. The van der Waals surface area contributed by atoms with Crippen molar-refractivity contribution in [3.05, 3.63) is 53.7 Å². The summed E-state index contributed by atoms with van der Waals surface area (Å²) in [4.78, 5) is 15.6. The minimum Gasteiger partial charge on any atom is -0.463 e. The SMILES string of the molecule is CCOC(=O)/C=C/c1nc(-c2ccc(C(F)(F)F)cc2)ccc1N. The molecule has 0 aliphatic carbocycles. The van der Waals surface area contributed by atoms with Gasteiger partial charge >= 0.3 is 12.1 Å². The number of rotatable bonds is 4. The number of hydrogen-bond acceptors (Lipinski definition) is 4. The van der Waals surface area contributed by atoms with Crippen molar-refractivity contribution in [2.45, 2.75) is 13.1 Å². The standard InChI is InChI=1S/C17H15F3N2O2/c1-2-24-16(23)10-9-15-13(21)7-8-14(22-15)11-3-5-12(6-4-11)17(18,19)20/h3-10H,2,21H2,1H3/b10-9+. The first-order chi connectivity index (χ1) is 11.3. The molecule has 2 rings (SSSR count). The Morgan fingerprint density at radius 1 is 1.21 bits per heavy atom. The van der Waals surface area contributed by atoms with Crippen LogP contribution in [0.4, 0.5) is 18.9 Å². The van der Waals surface area contributed by atoms with Crippen molar-refractivity contribution in [2.24, 2.45) is 0 Å². The highest BCUT2D eigenvalue weighted by Crippen LogP contribution is 2.31. The van der Waals surface area contributed by atoms with Crippen molar-refractivity contribution in [3.8, 4) is 11.3 Å². The van der Waals surface area contributed by atoms with Crippen LogP contribution in [0.25, 0.3) is 17.3 Å². The van der Waals surface area contributed by atoms with E-state index < -0.39 is 17.7 Å². The van der Waals surface area contributed by atoms with E-state index in [0.29, 0.717) is 22.6 Å². The molecule has 0 spiro atoms. The molecular weight excluding hydrogens is 321 g/mol. The fraction of sp³-hybridized carbons (Fsp3) is 0.176. The van der Waals surface area contributed by atoms with Crippen LogP contribution >= 0.6 is 0 Å². The molecule has 0 aliphatic rings. The molecule has 0 saturated heterocycles. The number of nitrogen functional groups attached to an aromatic ring is 1. The van der Waals surface area contributed by atoms with Crippen molar-refractivity contribution < 1.29 is 22.7 Å². The second-order valence-electron chi connectivity index (χ2n) is 4.83. The number of aromatic nitrogens is 1. The van der Waals surface area contributed by atoms with Gasteiger partial charge in [-0.2, -0.15) is 13.2 Å². The van der Waals surface area contributed by atoms with Gasteiger partial charge < -0.3 is 10.5 Å². The summed E-state index contributed by atoms with van der Waals surface area (Å²) in [6.07, 6.45) is -1.79. The molecule has 0 unspecified atom stereocenters. The Kier molecular flexibility index (Phi) is 5.23. The summed E-state index contributed by atoms with van der Waals surface area (Å²) in [6.45, 7) is 1.93. The van der Waals surface area contributed by atoms with Gasteiger partial charge in [-0.1, -0.05) is 12.1 Å². The molecule has 0 radical (unpaired) electrons. The number of alkyl halides is 3. The largest absolute Gasteiger partial charge is 0.463 e. The van der Waals surface area contributed by atoms with Gasteiger partial charge in [0.1, 0.15) is 0 Å². The monoisotopic (exact) mass is 336 g/mol. The van der Waals surface area contributed by atoms with Crippen LogP contribution in [0.1, 0.15) is 18.2 Å². The molecule has 2 aromatic rings. The van der Waals surface area contributed by atoms with E-state index in [1.165, 1.54) is 24.3 Å². The zero-order valence-electron chi connectivity index (χ0n) is 12.8. The first kappa shape index (κ1) is 17.5. The highest BCUT2D eigenvalue weighted by atomic mass is 19.4. The number of nitrogens with two attached hydrogens (primary N) is 1. The van der Waals surface area contributed by atoms with Crippen LogP contribution in [-0.2, 0) is 15.7 Å². The van der Waals surface area contributed by atoms with Gasteiger partial charge in [0.25, 0.3) is 0 Å². The number of halogens is 3. The molecule has 0 amide bonds. The Hall–Kier alpha value is -2.83.